The Balaban J connectivity index is 1.17. The van der Waals surface area contributed by atoms with Crippen LogP contribution in [0.5, 0.6) is 0 Å². The van der Waals surface area contributed by atoms with E-state index >= 15 is 0 Å². The van der Waals surface area contributed by atoms with Gasteiger partial charge in [-0.25, -0.2) is 0 Å². The van der Waals surface area contributed by atoms with Gasteiger partial charge in [-0.3, -0.25) is 4.79 Å². The van der Waals surface area contributed by atoms with Crippen molar-refractivity contribution in [2.24, 2.45) is 0 Å². The first-order valence-corrected chi connectivity index (χ1v) is 23.5. The number of hydrogen-bond donors (Lipinski definition) is 0. The van der Waals surface area contributed by atoms with Gasteiger partial charge in [-0.15, -0.1) is 0 Å². The van der Waals surface area contributed by atoms with E-state index in [4.69, 9.17) is 52.1 Å². The van der Waals surface area contributed by atoms with Gasteiger partial charge in [0.1, 0.15) is 42.7 Å². The Bertz CT molecular complexity index is 2350. The Kier molecular flexibility index (Phi) is 19.0. The van der Waals surface area contributed by atoms with Crippen LogP contribution in [-0.2, 0) is 96.5 Å². The van der Waals surface area contributed by atoms with E-state index in [2.05, 4.69) is 0 Å². The fourth-order valence-electron chi connectivity index (χ4n) is 8.52. The molecule has 6 aromatic carbocycles. The largest absolute Gasteiger partial charge is 0.454 e. The summed E-state index contributed by atoms with van der Waals surface area (Å²) in [6.45, 7) is 2.96. The van der Waals surface area contributed by atoms with Crippen LogP contribution in [0.15, 0.2) is 182 Å². The summed E-state index contributed by atoms with van der Waals surface area (Å²) in [6, 6.07) is 59.2. The van der Waals surface area contributed by atoms with Crippen LogP contribution in [-0.4, -0.2) is 87.7 Å². The molecule has 2 saturated heterocycles. The molecule has 12 heteroatoms. The molecule has 0 unspecified atom stereocenters. The van der Waals surface area contributed by atoms with Crippen molar-refractivity contribution in [3.8, 4) is 0 Å². The van der Waals surface area contributed by atoms with Gasteiger partial charge in [0.2, 0.25) is 0 Å². The van der Waals surface area contributed by atoms with Crippen LogP contribution in [0, 0.1) is 0 Å². The lowest BCUT2D eigenvalue weighted by atomic mass is 9.95. The molecule has 0 amide bonds. The fourth-order valence-corrected chi connectivity index (χ4v) is 8.52. The smallest absolute Gasteiger partial charge is 0.303 e. The van der Waals surface area contributed by atoms with Gasteiger partial charge in [0.05, 0.1) is 52.9 Å². The van der Waals surface area contributed by atoms with Crippen molar-refractivity contribution in [2.75, 3.05) is 20.3 Å². The molecule has 0 spiro atoms. The Labute approximate surface area is 405 Å². The van der Waals surface area contributed by atoms with Crippen LogP contribution in [0.2, 0.25) is 0 Å². The Morgan fingerprint density at radius 1 is 0.391 bits per heavy atom. The predicted octanol–water partition coefficient (Wildman–Crippen LogP) is 9.17. The number of esters is 1. The maximum Gasteiger partial charge on any atom is 0.303 e. The molecule has 0 N–H and O–H groups in total. The fraction of sp³-hybridized carbons (Fsp3) is 0.351. The molecule has 10 atom stereocenters. The van der Waals surface area contributed by atoms with Gasteiger partial charge in [0.25, 0.3) is 0 Å². The molecule has 2 heterocycles. The number of rotatable bonds is 24. The average Bonchev–Trinajstić information content (AvgIpc) is 3.39. The van der Waals surface area contributed by atoms with Crippen LogP contribution >= 0.6 is 0 Å². The summed E-state index contributed by atoms with van der Waals surface area (Å²) in [5.74, 6) is -0.561. The number of benzene rings is 6. The molecule has 12 nitrogen and oxygen atoms in total. The lowest BCUT2D eigenvalue weighted by molar-refractivity contribution is -0.372. The zero-order valence-electron chi connectivity index (χ0n) is 39.1. The maximum atomic E-state index is 13.3. The quantitative estimate of drug-likeness (QED) is 0.0539. The summed E-state index contributed by atoms with van der Waals surface area (Å²) in [7, 11) is 1.58. The minimum Gasteiger partial charge on any atom is -0.454 e. The molecule has 2 fully saturated rings. The van der Waals surface area contributed by atoms with E-state index in [-0.39, 0.29) is 39.6 Å². The lowest BCUT2D eigenvalue weighted by Gasteiger charge is -2.49. The Morgan fingerprint density at radius 2 is 0.710 bits per heavy atom. The molecule has 0 aliphatic carbocycles. The Hall–Kier alpha value is -5.61. The average molecular weight is 939 g/mol. The third-order valence-corrected chi connectivity index (χ3v) is 11.9. The van der Waals surface area contributed by atoms with Crippen molar-refractivity contribution in [1.82, 2.24) is 0 Å². The zero-order chi connectivity index (χ0) is 47.5. The van der Waals surface area contributed by atoms with Crippen molar-refractivity contribution < 1.29 is 56.9 Å². The van der Waals surface area contributed by atoms with Crippen molar-refractivity contribution in [3.05, 3.63) is 215 Å². The monoisotopic (exact) mass is 938 g/mol. The topological polar surface area (TPSA) is 119 Å². The van der Waals surface area contributed by atoms with E-state index < -0.39 is 67.4 Å². The lowest BCUT2D eigenvalue weighted by Crippen LogP contribution is -2.66. The van der Waals surface area contributed by atoms with Crippen molar-refractivity contribution in [2.45, 2.75) is 108 Å². The molecule has 0 bridgehead atoms. The first kappa shape index (κ1) is 49.8. The van der Waals surface area contributed by atoms with E-state index in [1.165, 1.54) is 6.92 Å². The van der Waals surface area contributed by atoms with Gasteiger partial charge in [-0.05, 0) is 33.4 Å². The van der Waals surface area contributed by atoms with Crippen LogP contribution < -0.4 is 0 Å². The normalized spacial score (nSPS) is 24.7. The van der Waals surface area contributed by atoms with E-state index in [0.29, 0.717) is 13.2 Å². The molecule has 2 aliphatic heterocycles. The van der Waals surface area contributed by atoms with Crippen LogP contribution in [0.4, 0.5) is 0 Å². The van der Waals surface area contributed by atoms with Gasteiger partial charge in [0, 0.05) is 14.0 Å². The SMILES string of the molecule is CO[C@H]1O[C@H](COCc2ccccc2)[C@@H](O[C@@H]2O[C@H](COCc3ccccc3)[C@@H](OCc3ccccc3)[C@H](OCc3ccccc3)[C@@H]2OC(C)=O)[C@H](OCc2ccccc2)[C@H]1OCc1ccccc1. The van der Waals surface area contributed by atoms with Crippen LogP contribution in [0.3, 0.4) is 0 Å². The third kappa shape index (κ3) is 14.7. The summed E-state index contributed by atoms with van der Waals surface area (Å²) >= 11 is 0. The zero-order valence-corrected chi connectivity index (χ0v) is 39.1. The van der Waals surface area contributed by atoms with Crippen molar-refractivity contribution >= 4 is 5.97 Å². The first-order valence-electron chi connectivity index (χ1n) is 23.5. The molecule has 0 radical (unpaired) electrons. The molecule has 8 rings (SSSR count). The van der Waals surface area contributed by atoms with Crippen molar-refractivity contribution in [3.63, 3.8) is 0 Å². The highest BCUT2D eigenvalue weighted by molar-refractivity contribution is 5.66. The summed E-state index contributed by atoms with van der Waals surface area (Å²) in [6.07, 6.45) is -9.24. The third-order valence-electron chi connectivity index (χ3n) is 11.9. The van der Waals surface area contributed by atoms with E-state index in [0.717, 1.165) is 33.4 Å². The van der Waals surface area contributed by atoms with Gasteiger partial charge < -0.3 is 52.1 Å². The second-order valence-electron chi connectivity index (χ2n) is 17.0. The highest BCUT2D eigenvalue weighted by atomic mass is 16.8. The number of methoxy groups -OCH3 is 1. The van der Waals surface area contributed by atoms with E-state index in [9.17, 15) is 4.79 Å². The maximum absolute atomic E-state index is 13.3. The molecule has 69 heavy (non-hydrogen) atoms. The molecule has 0 saturated carbocycles. The number of carbonyl (C=O) groups is 1. The highest BCUT2D eigenvalue weighted by Crippen LogP contribution is 2.36. The van der Waals surface area contributed by atoms with Crippen molar-refractivity contribution in [1.29, 1.82) is 0 Å². The standard InChI is InChI=1S/C57H62O12/c1-41(58)66-55-52(63-36-45-27-15-6-16-28-45)50(62-35-44-25-13-5-14-26-44)48(39-60-33-42-21-9-3-10-22-42)68-57(55)69-51-49(40-61-34-43-23-11-4-12-24-43)67-56(59-2)54(65-38-47-31-19-8-20-32-47)53(51)64-37-46-29-17-7-18-30-46/h3-32,48-57H,33-40H2,1-2H3/t48-,49-,50-,51-,52+,53+,54-,55+,56+,57+/m1/s1. The minimum atomic E-state index is -1.27. The van der Waals surface area contributed by atoms with Gasteiger partial charge in [-0.1, -0.05) is 182 Å². The summed E-state index contributed by atoms with van der Waals surface area (Å²) < 4.78 is 73.6. The number of hydrogen-bond acceptors (Lipinski definition) is 12. The van der Waals surface area contributed by atoms with E-state index in [1.54, 1.807) is 7.11 Å². The molecule has 362 valence electrons. The molecular formula is C57H62O12. The molecular weight excluding hydrogens is 877 g/mol. The van der Waals surface area contributed by atoms with Gasteiger partial charge in [-0.2, -0.15) is 0 Å². The van der Waals surface area contributed by atoms with Gasteiger partial charge in [0.15, 0.2) is 18.7 Å². The summed E-state index contributed by atoms with van der Waals surface area (Å²) in [5, 5.41) is 0. The Morgan fingerprint density at radius 3 is 1.09 bits per heavy atom. The summed E-state index contributed by atoms with van der Waals surface area (Å²) in [5.41, 5.74) is 5.71. The van der Waals surface area contributed by atoms with Gasteiger partial charge >= 0.3 is 5.97 Å². The molecule has 0 aromatic heterocycles. The number of ether oxygens (including phenoxy) is 11. The van der Waals surface area contributed by atoms with E-state index in [1.807, 2.05) is 182 Å². The minimum absolute atomic E-state index is 0.0708. The highest BCUT2D eigenvalue weighted by Gasteiger charge is 2.55. The summed E-state index contributed by atoms with van der Waals surface area (Å²) in [4.78, 5) is 13.3. The predicted molar refractivity (Wildman–Crippen MR) is 257 cm³/mol. The first-order chi connectivity index (χ1) is 34.0. The van der Waals surface area contributed by atoms with Crippen LogP contribution in [0.1, 0.15) is 40.3 Å². The second kappa shape index (κ2) is 26.4. The van der Waals surface area contributed by atoms with Crippen LogP contribution in [0.25, 0.3) is 0 Å². The number of carbonyl (C=O) groups excluding carboxylic acids is 1. The molecule has 2 aliphatic rings. The second-order valence-corrected chi connectivity index (χ2v) is 17.0. The molecule has 6 aromatic rings.